The van der Waals surface area contributed by atoms with E-state index in [4.69, 9.17) is 16.3 Å². The van der Waals surface area contributed by atoms with Crippen molar-refractivity contribution >= 4 is 37.3 Å². The molecule has 2 rings (SSSR count). The van der Waals surface area contributed by atoms with Gasteiger partial charge in [0.25, 0.3) is 10.0 Å². The number of anilines is 1. The summed E-state index contributed by atoms with van der Waals surface area (Å²) in [4.78, 5) is -0.371. The number of nitrogens with zero attached hydrogens (tertiary/aromatic N) is 1. The van der Waals surface area contributed by atoms with E-state index in [1.54, 1.807) is 13.8 Å². The number of rotatable bonds is 8. The van der Waals surface area contributed by atoms with Crippen LogP contribution in [0.3, 0.4) is 0 Å². The normalized spacial score (nSPS) is 12.2. The van der Waals surface area contributed by atoms with E-state index in [1.165, 1.54) is 29.6 Å². The van der Waals surface area contributed by atoms with Crippen LogP contribution in [0.1, 0.15) is 13.8 Å². The van der Waals surface area contributed by atoms with Gasteiger partial charge in [-0.2, -0.15) is 4.31 Å². The van der Waals surface area contributed by atoms with Crippen molar-refractivity contribution in [2.45, 2.75) is 23.6 Å². The van der Waals surface area contributed by atoms with Crippen molar-refractivity contribution in [3.63, 3.8) is 0 Å². The highest BCUT2D eigenvalue weighted by molar-refractivity contribution is 7.92. The highest BCUT2D eigenvalue weighted by Crippen LogP contribution is 2.31. The number of halogens is 2. The van der Waals surface area contributed by atoms with E-state index >= 15 is 0 Å². The van der Waals surface area contributed by atoms with E-state index < -0.39 is 25.9 Å². The summed E-state index contributed by atoms with van der Waals surface area (Å²) in [7, 11) is -6.66. The molecule has 0 atom stereocenters. The number of benzene rings is 2. The first kappa shape index (κ1) is 22.4. The Morgan fingerprint density at radius 2 is 1.64 bits per heavy atom. The molecule has 0 spiro atoms. The zero-order valence-corrected chi connectivity index (χ0v) is 17.8. The molecule has 0 fully saturated rings. The third-order valence-corrected chi connectivity index (χ3v) is 7.66. The van der Waals surface area contributed by atoms with Crippen molar-refractivity contribution in [1.29, 1.82) is 0 Å². The molecule has 0 aromatic heterocycles. The summed E-state index contributed by atoms with van der Waals surface area (Å²) in [5, 5.41) is -0.354. The van der Waals surface area contributed by atoms with Gasteiger partial charge in [-0.05, 0) is 36.4 Å². The third kappa shape index (κ3) is 4.57. The van der Waals surface area contributed by atoms with E-state index in [1.807, 2.05) is 0 Å². The number of ether oxygens (including phenoxy) is 1. The largest absolute Gasteiger partial charge is 0.495 e. The Kier molecular flexibility index (Phi) is 6.92. The molecule has 0 unspecified atom stereocenters. The van der Waals surface area contributed by atoms with Gasteiger partial charge < -0.3 is 4.74 Å². The zero-order chi connectivity index (χ0) is 21.1. The van der Waals surface area contributed by atoms with Crippen LogP contribution in [0.15, 0.2) is 46.2 Å². The molecule has 0 saturated carbocycles. The van der Waals surface area contributed by atoms with Crippen LogP contribution >= 0.6 is 11.6 Å². The minimum atomic E-state index is -4.17. The maximum absolute atomic E-state index is 13.3. The highest BCUT2D eigenvalue weighted by Gasteiger charge is 2.24. The van der Waals surface area contributed by atoms with Crippen LogP contribution in [-0.2, 0) is 20.0 Å². The number of nitrogens with one attached hydrogen (secondary N) is 1. The van der Waals surface area contributed by atoms with Gasteiger partial charge >= 0.3 is 0 Å². The average Bonchev–Trinajstić information content (AvgIpc) is 2.64. The van der Waals surface area contributed by atoms with Gasteiger partial charge in [0.2, 0.25) is 10.0 Å². The van der Waals surface area contributed by atoms with Gasteiger partial charge in [0.05, 0.1) is 27.6 Å². The number of sulfonamides is 2. The maximum atomic E-state index is 13.3. The van der Waals surface area contributed by atoms with Crippen LogP contribution < -0.4 is 9.46 Å². The summed E-state index contributed by atoms with van der Waals surface area (Å²) < 4.78 is 72.7. The van der Waals surface area contributed by atoms with Crippen LogP contribution in [0.25, 0.3) is 0 Å². The molecule has 0 aliphatic rings. The SMILES string of the molecule is CCN(CC)S(=O)(=O)c1ccc(OC)c(NS(=O)(=O)c2ccc(F)c(Cl)c2)c1. The van der Waals surface area contributed by atoms with E-state index in [0.717, 1.165) is 18.2 Å². The zero-order valence-electron chi connectivity index (χ0n) is 15.4. The van der Waals surface area contributed by atoms with Gasteiger partial charge in [-0.15, -0.1) is 0 Å². The Morgan fingerprint density at radius 3 is 2.18 bits per heavy atom. The fourth-order valence-electron chi connectivity index (χ4n) is 2.49. The van der Waals surface area contributed by atoms with Gasteiger partial charge in [-0.1, -0.05) is 25.4 Å². The van der Waals surface area contributed by atoms with Gasteiger partial charge in [0.1, 0.15) is 11.6 Å². The van der Waals surface area contributed by atoms with Crippen molar-refractivity contribution in [2.24, 2.45) is 0 Å². The summed E-state index contributed by atoms with van der Waals surface area (Å²) in [6.07, 6.45) is 0. The van der Waals surface area contributed by atoms with Crippen molar-refractivity contribution < 1.29 is 26.0 Å². The summed E-state index contributed by atoms with van der Waals surface area (Å²) in [6, 6.07) is 6.80. The first-order valence-corrected chi connectivity index (χ1v) is 11.5. The van der Waals surface area contributed by atoms with Crippen LogP contribution in [0, 0.1) is 5.82 Å². The molecule has 7 nitrogen and oxygen atoms in total. The Balaban J connectivity index is 2.51. The lowest BCUT2D eigenvalue weighted by Gasteiger charge is -2.20. The van der Waals surface area contributed by atoms with Crippen LogP contribution in [0.5, 0.6) is 5.75 Å². The lowest BCUT2D eigenvalue weighted by atomic mass is 10.3. The molecule has 2 aromatic rings. The molecule has 0 heterocycles. The minimum Gasteiger partial charge on any atom is -0.495 e. The quantitative estimate of drug-likeness (QED) is 0.666. The maximum Gasteiger partial charge on any atom is 0.262 e. The summed E-state index contributed by atoms with van der Waals surface area (Å²) in [6.45, 7) is 3.93. The first-order chi connectivity index (χ1) is 13.1. The van der Waals surface area contributed by atoms with Gasteiger partial charge in [-0.25, -0.2) is 21.2 Å². The van der Waals surface area contributed by atoms with E-state index in [2.05, 4.69) is 4.72 Å². The molecule has 0 aliphatic carbocycles. The van der Waals surface area contributed by atoms with Crippen molar-refractivity contribution in [3.8, 4) is 5.75 Å². The Labute approximate surface area is 169 Å². The van der Waals surface area contributed by atoms with Crippen molar-refractivity contribution in [3.05, 3.63) is 47.2 Å². The standard InChI is InChI=1S/C17H20ClFN2O5S2/c1-4-21(5-2)28(24,25)13-7-9-17(26-3)16(11-13)20-27(22,23)12-6-8-15(19)14(18)10-12/h6-11,20H,4-5H2,1-3H3. The molecule has 154 valence electrons. The third-order valence-electron chi connectivity index (χ3n) is 3.96. The second-order valence-corrected chi connectivity index (χ2v) is 9.66. The molecule has 2 aromatic carbocycles. The van der Waals surface area contributed by atoms with E-state index in [0.29, 0.717) is 0 Å². The molecule has 28 heavy (non-hydrogen) atoms. The first-order valence-electron chi connectivity index (χ1n) is 8.22. The Bertz CT molecular complexity index is 1070. The molecule has 0 aliphatic heterocycles. The fourth-order valence-corrected chi connectivity index (χ4v) is 5.30. The Morgan fingerprint density at radius 1 is 1.04 bits per heavy atom. The number of hydrogen-bond acceptors (Lipinski definition) is 5. The molecule has 0 radical (unpaired) electrons. The smallest absolute Gasteiger partial charge is 0.262 e. The molecular formula is C17H20ClFN2O5S2. The van der Waals surface area contributed by atoms with Gasteiger partial charge in [0, 0.05) is 13.1 Å². The molecule has 0 bridgehead atoms. The van der Waals surface area contributed by atoms with Gasteiger partial charge in [-0.3, -0.25) is 4.72 Å². The summed E-state index contributed by atoms with van der Waals surface area (Å²) >= 11 is 5.66. The fraction of sp³-hybridized carbons (Fsp3) is 0.294. The molecule has 0 saturated heterocycles. The molecule has 1 N–H and O–H groups in total. The topological polar surface area (TPSA) is 92.8 Å². The van der Waals surface area contributed by atoms with E-state index in [9.17, 15) is 21.2 Å². The number of methoxy groups -OCH3 is 1. The van der Waals surface area contributed by atoms with Crippen LogP contribution in [0.4, 0.5) is 10.1 Å². The molecule has 0 amide bonds. The lowest BCUT2D eigenvalue weighted by molar-refractivity contribution is 0.416. The van der Waals surface area contributed by atoms with E-state index in [-0.39, 0.29) is 39.3 Å². The monoisotopic (exact) mass is 450 g/mol. The lowest BCUT2D eigenvalue weighted by Crippen LogP contribution is -2.30. The van der Waals surface area contributed by atoms with Crippen molar-refractivity contribution in [1.82, 2.24) is 4.31 Å². The molecule has 11 heteroatoms. The predicted octanol–water partition coefficient (Wildman–Crippen LogP) is 3.32. The highest BCUT2D eigenvalue weighted by atomic mass is 35.5. The van der Waals surface area contributed by atoms with Crippen LogP contribution in [-0.4, -0.2) is 41.3 Å². The summed E-state index contributed by atoms with van der Waals surface area (Å²) in [5.41, 5.74) is -0.0730. The summed E-state index contributed by atoms with van der Waals surface area (Å²) in [5.74, 6) is -0.638. The van der Waals surface area contributed by atoms with Crippen molar-refractivity contribution in [2.75, 3.05) is 24.9 Å². The van der Waals surface area contributed by atoms with Gasteiger partial charge in [0.15, 0.2) is 0 Å². The minimum absolute atomic E-state index is 0.0730. The Hall–Kier alpha value is -1.88. The second kappa shape index (κ2) is 8.64. The second-order valence-electron chi connectivity index (χ2n) is 5.63. The average molecular weight is 451 g/mol. The molecular weight excluding hydrogens is 431 g/mol. The number of hydrogen-bond donors (Lipinski definition) is 1. The predicted molar refractivity (Wildman–Crippen MR) is 105 cm³/mol. The van der Waals surface area contributed by atoms with Crippen LogP contribution in [0.2, 0.25) is 5.02 Å².